The summed E-state index contributed by atoms with van der Waals surface area (Å²) in [6.07, 6.45) is 55.3. The normalized spacial score (nSPS) is 12.0. The van der Waals surface area contributed by atoms with Gasteiger partial charge in [-0.05, 0) is 153 Å². The number of aromatic amines is 1. The number of hydrogen-bond donors (Lipinski definition) is 2. The summed E-state index contributed by atoms with van der Waals surface area (Å²) >= 11 is 7.41. The molecule has 1 aliphatic heterocycles. The molecule has 3 aromatic heterocycles. The highest BCUT2D eigenvalue weighted by molar-refractivity contribution is 7.05. The molecule has 0 unspecified atom stereocenters. The van der Waals surface area contributed by atoms with Gasteiger partial charge in [-0.25, -0.2) is 9.98 Å². The maximum atomic E-state index is 7.41. The minimum Gasteiger partial charge on any atom is -0.457 e. The van der Waals surface area contributed by atoms with Crippen molar-refractivity contribution >= 4 is 73.3 Å². The number of ether oxygens (including phenoxy) is 3. The largest absolute Gasteiger partial charge is 0.457 e. The van der Waals surface area contributed by atoms with Gasteiger partial charge in [0.15, 0.2) is 0 Å². The van der Waals surface area contributed by atoms with Gasteiger partial charge in [-0.2, -0.15) is 11.5 Å². The van der Waals surface area contributed by atoms with Gasteiger partial charge in [0.2, 0.25) is 0 Å². The third-order valence-electron chi connectivity index (χ3n) is 21.0. The SMILES string of the molecule is CCCCCCCCCCCCCCCc1cccc(Oc2ccc3c4[nH]c(c3c2)Nc2c3cc(Oc5cccc(CCCCCCCCCCCCCCC)c5)ccc3c(n2C)N=c2c3ccc(Oc5cccc(CCCCCCCCCCCCCCC)c5)cc3c(n2B(C)Cl)=N4)c1. The number of benzene rings is 6. The van der Waals surface area contributed by atoms with Gasteiger partial charge in [0.25, 0.3) is 0 Å². The molecular weight excluding hydrogens is 1250 g/mol. The number of aromatic nitrogens is 3. The third kappa shape index (κ3) is 23.1. The molecule has 1 aliphatic rings. The number of halogens is 1. The van der Waals surface area contributed by atoms with Crippen molar-refractivity contribution in [3.05, 3.63) is 155 Å². The summed E-state index contributed by atoms with van der Waals surface area (Å²) in [5.41, 5.74) is 5.30. The van der Waals surface area contributed by atoms with Gasteiger partial charge in [0.1, 0.15) is 68.7 Å². The zero-order chi connectivity index (χ0) is 69.4. The Balaban J connectivity index is 0.886. The molecule has 0 saturated heterocycles. The maximum Gasteiger partial charge on any atom is 0.364 e. The van der Waals surface area contributed by atoms with Crippen LogP contribution in [0.1, 0.15) is 288 Å². The van der Waals surface area contributed by atoms with Crippen LogP contribution in [0.3, 0.4) is 0 Å². The van der Waals surface area contributed by atoms with Crippen LogP contribution >= 0.6 is 11.5 Å². The van der Waals surface area contributed by atoms with E-state index in [1.165, 1.54) is 267 Å². The molecule has 6 bridgehead atoms. The monoisotopic (exact) mass is 1370 g/mol. The number of fused-ring (bicyclic) bond motifs is 15. The van der Waals surface area contributed by atoms with Gasteiger partial charge in [0.05, 0.1) is 0 Å². The second-order valence-corrected chi connectivity index (χ2v) is 30.0. The molecule has 0 spiro atoms. The van der Waals surface area contributed by atoms with Gasteiger partial charge in [-0.15, -0.1) is 0 Å². The fraction of sp³-hybridized carbons (Fsp3) is 0.528. The summed E-state index contributed by atoms with van der Waals surface area (Å²) in [5.74, 6) is 7.78. The maximum absolute atomic E-state index is 7.41. The van der Waals surface area contributed by atoms with Gasteiger partial charge >= 0.3 is 6.26 Å². The number of aryl methyl sites for hydroxylation is 3. The Hall–Kier alpha value is -6.91. The zero-order valence-electron chi connectivity index (χ0n) is 62.3. The molecular formula is C89H122BClN6O3. The molecule has 0 amide bonds. The van der Waals surface area contributed by atoms with Crippen molar-refractivity contribution in [2.24, 2.45) is 17.0 Å². The van der Waals surface area contributed by atoms with Crippen LogP contribution in [0.2, 0.25) is 6.82 Å². The molecule has 11 heteroatoms. The smallest absolute Gasteiger partial charge is 0.364 e. The highest BCUT2D eigenvalue weighted by Crippen LogP contribution is 2.44. The van der Waals surface area contributed by atoms with Crippen molar-refractivity contribution in [2.45, 2.75) is 297 Å². The number of H-pyrrole nitrogens is 1. The topological polar surface area (TPSA) is 90.1 Å². The fourth-order valence-electron chi connectivity index (χ4n) is 15.1. The molecule has 2 N–H and O–H groups in total. The Morgan fingerprint density at radius 3 is 1.07 bits per heavy atom. The summed E-state index contributed by atoms with van der Waals surface area (Å²) in [4.78, 5) is 15.1. The van der Waals surface area contributed by atoms with E-state index in [1.54, 1.807) is 0 Å². The standard InChI is InChI=1S/C89H122BClN6O3/c1-6-9-12-15-18-21-24-27-30-33-36-39-42-48-69-51-45-54-72(63-69)98-75-57-60-78-81(66-75)85-92-84(78)94-89-83-68-77(100-74-56-47-53-71(65-74)50-44-41-38-35-32-29-26-23-20-17-14-11-8-3)59-62-80(83)88(97(89)90(4)91)95-86-79-61-58-76(67-82(79)87(93-85)96(86)5)99-73-55-46-52-70(64-73)49-43-40-37-34-31-28-25-22-19-16-13-10-7-2/h45-47,51-68,92-93H,6-44,48-50H2,1-5H3. The van der Waals surface area contributed by atoms with Gasteiger partial charge in [-0.3, -0.25) is 0 Å². The molecule has 10 rings (SSSR count). The van der Waals surface area contributed by atoms with E-state index in [9.17, 15) is 0 Å². The van der Waals surface area contributed by atoms with E-state index in [1.807, 2.05) is 6.82 Å². The number of hydrogen-bond acceptors (Lipinski definition) is 6. The number of nitrogens with zero attached hydrogens (tertiary/aromatic N) is 4. The van der Waals surface area contributed by atoms with E-state index in [0.29, 0.717) is 16.8 Å². The van der Waals surface area contributed by atoms with Crippen LogP contribution in [0.15, 0.2) is 137 Å². The molecule has 0 saturated carbocycles. The Morgan fingerprint density at radius 2 is 0.680 bits per heavy atom. The third-order valence-corrected chi connectivity index (χ3v) is 21.2. The van der Waals surface area contributed by atoms with Crippen LogP contribution in [-0.4, -0.2) is 20.3 Å². The predicted molar refractivity (Wildman–Crippen MR) is 429 cm³/mol. The van der Waals surface area contributed by atoms with Crippen molar-refractivity contribution < 1.29 is 14.2 Å². The Kier molecular flexibility index (Phi) is 31.7. The summed E-state index contributed by atoms with van der Waals surface area (Å²) in [6, 6.07) is 44.9. The second-order valence-electron chi connectivity index (χ2n) is 29.4. The Bertz CT molecular complexity index is 4030. The molecule has 6 aromatic carbocycles. The molecule has 4 heterocycles. The van der Waals surface area contributed by atoms with Crippen molar-refractivity contribution in [2.75, 3.05) is 5.32 Å². The average molecular weight is 1370 g/mol. The zero-order valence-corrected chi connectivity index (χ0v) is 63.0. The van der Waals surface area contributed by atoms with Crippen LogP contribution in [-0.2, 0) is 26.3 Å². The first-order chi connectivity index (χ1) is 49.3. The summed E-state index contributed by atoms with van der Waals surface area (Å²) in [5, 5.41) is 9.50. The van der Waals surface area contributed by atoms with Crippen molar-refractivity contribution in [3.63, 3.8) is 0 Å². The lowest BCUT2D eigenvalue weighted by Crippen LogP contribution is -2.35. The van der Waals surface area contributed by atoms with Crippen LogP contribution < -0.4 is 30.5 Å². The molecule has 9 aromatic rings. The van der Waals surface area contributed by atoms with Crippen molar-refractivity contribution in [1.82, 2.24) is 14.0 Å². The lowest BCUT2D eigenvalue weighted by Gasteiger charge is -2.11. The van der Waals surface area contributed by atoms with E-state index in [2.05, 4.69) is 175 Å². The number of nitrogens with one attached hydrogen (secondary N) is 2. The van der Waals surface area contributed by atoms with Crippen LogP contribution in [0, 0.1) is 0 Å². The molecule has 0 atom stereocenters. The summed E-state index contributed by atoms with van der Waals surface area (Å²) in [7, 11) is 2.09. The highest BCUT2D eigenvalue weighted by atomic mass is 35.5. The molecule has 0 radical (unpaired) electrons. The highest BCUT2D eigenvalue weighted by Gasteiger charge is 2.24. The number of anilines is 2. The van der Waals surface area contributed by atoms with Crippen LogP contribution in [0.25, 0.3) is 32.3 Å². The molecule has 0 aliphatic carbocycles. The quantitative estimate of drug-likeness (QED) is 0.0294. The predicted octanol–water partition coefficient (Wildman–Crippen LogP) is 28.1. The second kappa shape index (κ2) is 41.9. The van der Waals surface area contributed by atoms with Crippen LogP contribution in [0.5, 0.6) is 34.5 Å². The summed E-state index contributed by atoms with van der Waals surface area (Å²) < 4.78 is 24.6. The van der Waals surface area contributed by atoms with Gasteiger partial charge < -0.3 is 33.6 Å². The number of unbranched alkanes of at least 4 members (excludes halogenated alkanes) is 36. The van der Waals surface area contributed by atoms with Crippen LogP contribution in [0.4, 0.5) is 23.3 Å². The fourth-order valence-corrected chi connectivity index (χ4v) is 15.3. The molecule has 536 valence electrons. The molecule has 0 fully saturated rings. The molecule has 100 heavy (non-hydrogen) atoms. The van der Waals surface area contributed by atoms with Crippen molar-refractivity contribution in [1.29, 1.82) is 0 Å². The minimum absolute atomic E-state index is 0.524. The lowest BCUT2D eigenvalue weighted by atomic mass is 9.97. The average Bonchev–Trinajstić information content (AvgIpc) is 1.58. The first-order valence-electron chi connectivity index (χ1n) is 40.4. The van der Waals surface area contributed by atoms with E-state index in [-0.39, 0.29) is 0 Å². The lowest BCUT2D eigenvalue weighted by molar-refractivity contribution is 0.482. The van der Waals surface area contributed by atoms with Crippen molar-refractivity contribution in [3.8, 4) is 34.5 Å². The van der Waals surface area contributed by atoms with Gasteiger partial charge in [0, 0.05) is 39.4 Å². The Labute approximate surface area is 607 Å². The van der Waals surface area contributed by atoms with E-state index in [0.717, 1.165) is 104 Å². The van der Waals surface area contributed by atoms with E-state index >= 15 is 0 Å². The van der Waals surface area contributed by atoms with Gasteiger partial charge in [-0.1, -0.05) is 288 Å². The summed E-state index contributed by atoms with van der Waals surface area (Å²) in [6.45, 7) is 8.88. The first kappa shape index (κ1) is 75.8. The van der Waals surface area contributed by atoms with E-state index < -0.39 is 6.26 Å². The Morgan fingerprint density at radius 1 is 0.350 bits per heavy atom. The number of rotatable bonds is 49. The van der Waals surface area contributed by atoms with E-state index in [4.69, 9.17) is 35.7 Å². The first-order valence-corrected chi connectivity index (χ1v) is 40.8. The molecule has 9 nitrogen and oxygen atoms in total. The minimum atomic E-state index is -0.524.